The zero-order valence-corrected chi connectivity index (χ0v) is 15.0. The molecule has 0 aromatic carbocycles. The monoisotopic (exact) mass is 387 g/mol. The van der Waals surface area contributed by atoms with E-state index < -0.39 is 36.2 Å². The molecule has 1 rings (SSSR count). The number of aliphatic hydroxyl groups excluding tert-OH is 1. The van der Waals surface area contributed by atoms with Crippen LogP contribution >= 0.6 is 0 Å². The molecule has 0 bridgehead atoms. The molecule has 1 aliphatic rings. The Morgan fingerprint density at radius 1 is 1.33 bits per heavy atom. The minimum atomic E-state index is -1.44. The predicted molar refractivity (Wildman–Crippen MR) is 94.6 cm³/mol. The van der Waals surface area contributed by atoms with E-state index >= 15 is 0 Å². The number of carboxylic acids is 2. The maximum atomic E-state index is 11.6. The Labute approximate surface area is 155 Å². The van der Waals surface area contributed by atoms with Crippen LogP contribution < -0.4 is 10.6 Å². The van der Waals surface area contributed by atoms with E-state index in [-0.39, 0.29) is 19.1 Å². The van der Waals surface area contributed by atoms with E-state index in [1.54, 1.807) is 0 Å². The molecule has 3 unspecified atom stereocenters. The number of carboxylic acid groups (broad SMARTS) is 2. The Hall–Kier alpha value is -2.89. The minimum Gasteiger partial charge on any atom is -0.480 e. The number of urea groups is 1. The molecule has 0 spiro atoms. The molecule has 12 nitrogen and oxygen atoms in total. The van der Waals surface area contributed by atoms with Crippen molar-refractivity contribution < 1.29 is 34.5 Å². The maximum Gasteiger partial charge on any atom is 0.328 e. The highest BCUT2D eigenvalue weighted by Crippen LogP contribution is 2.18. The molecule has 12 heteroatoms. The Kier molecular flexibility index (Phi) is 8.99. The number of guanidine groups is 1. The molecule has 1 saturated heterocycles. The van der Waals surface area contributed by atoms with Crippen molar-refractivity contribution in [3.05, 3.63) is 0 Å². The van der Waals surface area contributed by atoms with E-state index in [9.17, 15) is 24.6 Å². The van der Waals surface area contributed by atoms with Crippen LogP contribution in [0.3, 0.4) is 0 Å². The maximum absolute atomic E-state index is 11.6. The summed E-state index contributed by atoms with van der Waals surface area (Å²) >= 11 is 0. The number of piperidine rings is 1. The van der Waals surface area contributed by atoms with E-state index in [2.05, 4.69) is 27.5 Å². The summed E-state index contributed by atoms with van der Waals surface area (Å²) < 4.78 is 0. The van der Waals surface area contributed by atoms with E-state index in [0.29, 0.717) is 13.0 Å². The number of carbonyl (C=O) groups excluding carboxylic acids is 1. The molecule has 2 amide bonds. The third-order valence-electron chi connectivity index (χ3n) is 3.85. The first-order valence-electron chi connectivity index (χ1n) is 8.39. The Morgan fingerprint density at radius 2 is 2.04 bits per heavy atom. The second-order valence-corrected chi connectivity index (χ2v) is 5.88. The SMILES string of the molecule is C=N/C(=N\OCCNC(=O)NC(C(=O)O)C(C)O)N1CCCCC1C(=O)O. The largest absolute Gasteiger partial charge is 0.480 e. The number of likely N-dealkylation sites (tertiary alicyclic amines) is 1. The zero-order chi connectivity index (χ0) is 20.4. The summed E-state index contributed by atoms with van der Waals surface area (Å²) in [5.74, 6) is -2.29. The third-order valence-corrected chi connectivity index (χ3v) is 3.85. The van der Waals surface area contributed by atoms with Gasteiger partial charge in [0.05, 0.1) is 12.6 Å². The first-order chi connectivity index (χ1) is 12.8. The number of amides is 2. The number of hydrogen-bond donors (Lipinski definition) is 5. The van der Waals surface area contributed by atoms with Crippen LogP contribution in [0.5, 0.6) is 0 Å². The summed E-state index contributed by atoms with van der Waals surface area (Å²) in [5, 5.41) is 35.6. The van der Waals surface area contributed by atoms with Crippen molar-refractivity contribution in [1.82, 2.24) is 15.5 Å². The lowest BCUT2D eigenvalue weighted by molar-refractivity contribution is -0.143. The minimum absolute atomic E-state index is 0.00569. The molecule has 0 aliphatic carbocycles. The highest BCUT2D eigenvalue weighted by atomic mass is 16.6. The lowest BCUT2D eigenvalue weighted by atomic mass is 10.0. The van der Waals surface area contributed by atoms with Crippen LogP contribution in [0.15, 0.2) is 10.1 Å². The van der Waals surface area contributed by atoms with Crippen LogP contribution in [-0.2, 0) is 14.4 Å². The van der Waals surface area contributed by atoms with Gasteiger partial charge in [0.25, 0.3) is 5.96 Å². The van der Waals surface area contributed by atoms with Gasteiger partial charge in [0, 0.05) is 6.54 Å². The number of oxime groups is 1. The van der Waals surface area contributed by atoms with Crippen molar-refractivity contribution in [2.45, 2.75) is 44.4 Å². The van der Waals surface area contributed by atoms with Gasteiger partial charge in [-0.2, -0.15) is 0 Å². The first-order valence-corrected chi connectivity index (χ1v) is 8.39. The fraction of sp³-hybridized carbons (Fsp3) is 0.667. The first kappa shape index (κ1) is 22.2. The van der Waals surface area contributed by atoms with Gasteiger partial charge in [0.2, 0.25) is 0 Å². The molecule has 0 radical (unpaired) electrons. The van der Waals surface area contributed by atoms with Gasteiger partial charge in [-0.15, -0.1) is 0 Å². The molecular weight excluding hydrogens is 362 g/mol. The molecule has 0 aromatic rings. The van der Waals surface area contributed by atoms with Crippen molar-refractivity contribution in [2.24, 2.45) is 10.1 Å². The number of carbonyl (C=O) groups is 3. The molecule has 5 N–H and O–H groups in total. The lowest BCUT2D eigenvalue weighted by Gasteiger charge is -2.32. The van der Waals surface area contributed by atoms with Crippen molar-refractivity contribution in [1.29, 1.82) is 0 Å². The quantitative estimate of drug-likeness (QED) is 0.153. The molecule has 0 aromatic heterocycles. The fourth-order valence-electron chi connectivity index (χ4n) is 2.49. The van der Waals surface area contributed by atoms with E-state index in [1.165, 1.54) is 11.8 Å². The number of aliphatic imine (C=N–C) groups is 1. The number of nitrogens with one attached hydrogen (secondary N) is 2. The summed E-state index contributed by atoms with van der Waals surface area (Å²) in [7, 11) is 0. The van der Waals surface area contributed by atoms with Crippen LogP contribution in [0.4, 0.5) is 4.79 Å². The fourth-order valence-corrected chi connectivity index (χ4v) is 2.49. The Balaban J connectivity index is 2.45. The van der Waals surface area contributed by atoms with Gasteiger partial charge in [-0.3, -0.25) is 0 Å². The van der Waals surface area contributed by atoms with E-state index in [1.807, 2.05) is 0 Å². The molecular formula is C15H25N5O7. The van der Waals surface area contributed by atoms with Gasteiger partial charge in [0.1, 0.15) is 12.6 Å². The van der Waals surface area contributed by atoms with Gasteiger partial charge >= 0.3 is 18.0 Å². The van der Waals surface area contributed by atoms with Crippen LogP contribution in [0.25, 0.3) is 0 Å². The average molecular weight is 387 g/mol. The normalized spacial score (nSPS) is 19.6. The summed E-state index contributed by atoms with van der Waals surface area (Å²) in [6.07, 6.45) is 0.803. The van der Waals surface area contributed by atoms with Crippen molar-refractivity contribution in [3.63, 3.8) is 0 Å². The number of nitrogens with zero attached hydrogens (tertiary/aromatic N) is 3. The topological polar surface area (TPSA) is 173 Å². The van der Waals surface area contributed by atoms with Crippen LogP contribution in [0.2, 0.25) is 0 Å². The zero-order valence-electron chi connectivity index (χ0n) is 15.0. The summed E-state index contributed by atoms with van der Waals surface area (Å²) in [6.45, 7) is 5.01. The molecule has 1 aliphatic heterocycles. The Bertz CT molecular complexity index is 581. The highest BCUT2D eigenvalue weighted by molar-refractivity contribution is 5.88. The molecule has 0 saturated carbocycles. The molecule has 152 valence electrons. The smallest absolute Gasteiger partial charge is 0.328 e. The standard InChI is InChI=1S/C15H25N5O7/c1-9(21)11(13(24)25)18-15(26)17-6-8-27-19-14(16-2)20-7-4-3-5-10(20)12(22)23/h9-11,21H,2-8H2,1H3,(H,22,23)(H,24,25)(H2,17,18,26)/b19-14+. The molecule has 1 fully saturated rings. The van der Waals surface area contributed by atoms with Crippen LogP contribution in [-0.4, -0.2) is 88.8 Å². The molecule has 1 heterocycles. The van der Waals surface area contributed by atoms with E-state index in [0.717, 1.165) is 12.8 Å². The van der Waals surface area contributed by atoms with Crippen molar-refractivity contribution in [3.8, 4) is 0 Å². The average Bonchev–Trinajstić information content (AvgIpc) is 2.62. The second-order valence-electron chi connectivity index (χ2n) is 5.88. The number of aliphatic hydroxyl groups is 1. The van der Waals surface area contributed by atoms with Gasteiger partial charge < -0.3 is 35.7 Å². The van der Waals surface area contributed by atoms with Gasteiger partial charge in [-0.1, -0.05) is 0 Å². The van der Waals surface area contributed by atoms with Crippen LogP contribution in [0, 0.1) is 0 Å². The number of aliphatic carboxylic acids is 2. The van der Waals surface area contributed by atoms with Crippen molar-refractivity contribution >= 4 is 30.6 Å². The van der Waals surface area contributed by atoms with Gasteiger partial charge in [-0.25, -0.2) is 19.4 Å². The van der Waals surface area contributed by atoms with Gasteiger partial charge in [-0.05, 0) is 38.1 Å². The molecule has 27 heavy (non-hydrogen) atoms. The lowest BCUT2D eigenvalue weighted by Crippen LogP contribution is -2.51. The highest BCUT2D eigenvalue weighted by Gasteiger charge is 2.31. The Morgan fingerprint density at radius 3 is 2.59 bits per heavy atom. The summed E-state index contributed by atoms with van der Waals surface area (Å²) in [5.41, 5.74) is 0. The third kappa shape index (κ3) is 7.09. The van der Waals surface area contributed by atoms with Crippen molar-refractivity contribution in [2.75, 3.05) is 19.7 Å². The van der Waals surface area contributed by atoms with E-state index in [4.69, 9.17) is 9.94 Å². The second kappa shape index (κ2) is 11.0. The summed E-state index contributed by atoms with van der Waals surface area (Å²) in [4.78, 5) is 44.0. The van der Waals surface area contributed by atoms with Crippen LogP contribution in [0.1, 0.15) is 26.2 Å². The number of rotatable bonds is 8. The summed E-state index contributed by atoms with van der Waals surface area (Å²) in [6, 6.07) is -2.98. The molecule has 3 atom stereocenters. The van der Waals surface area contributed by atoms with Gasteiger partial charge in [0.15, 0.2) is 6.04 Å². The number of hydrogen-bond acceptors (Lipinski definition) is 6. The predicted octanol–water partition coefficient (Wildman–Crippen LogP) is -0.953.